The van der Waals surface area contributed by atoms with Crippen molar-refractivity contribution in [2.45, 2.75) is 24.1 Å². The summed E-state index contributed by atoms with van der Waals surface area (Å²) in [4.78, 5) is 4.47. The first-order valence-corrected chi connectivity index (χ1v) is 5.79. The molecule has 74 valence electrons. The standard InChI is InChI=1S/C11H14N2S/c1-2-9-10(13-11(12)14-9)8-6-4-3-5-7-8/h3-7,9,11H,2,12H2,1H3. The number of hydrogen-bond donors (Lipinski definition) is 1. The Balaban J connectivity index is 2.29. The Hall–Kier alpha value is -0.800. The summed E-state index contributed by atoms with van der Waals surface area (Å²) in [5.41, 5.74) is 8.10. The number of aliphatic imine (C=N–C) groups is 1. The fraction of sp³-hybridized carbons (Fsp3) is 0.364. The molecule has 0 fully saturated rings. The van der Waals surface area contributed by atoms with Crippen LogP contribution in [0.4, 0.5) is 0 Å². The summed E-state index contributed by atoms with van der Waals surface area (Å²) >= 11 is 1.74. The van der Waals surface area contributed by atoms with Gasteiger partial charge in [-0.25, -0.2) is 0 Å². The smallest absolute Gasteiger partial charge is 0.145 e. The van der Waals surface area contributed by atoms with Crippen molar-refractivity contribution in [2.75, 3.05) is 0 Å². The topological polar surface area (TPSA) is 38.4 Å². The van der Waals surface area contributed by atoms with Gasteiger partial charge in [-0.3, -0.25) is 4.99 Å². The molecule has 1 aliphatic rings. The zero-order valence-electron chi connectivity index (χ0n) is 8.18. The summed E-state index contributed by atoms with van der Waals surface area (Å²) in [7, 11) is 0. The maximum absolute atomic E-state index is 5.80. The average Bonchev–Trinajstić information content (AvgIpc) is 2.61. The van der Waals surface area contributed by atoms with Gasteiger partial charge in [0.15, 0.2) is 0 Å². The van der Waals surface area contributed by atoms with E-state index in [9.17, 15) is 0 Å². The Labute approximate surface area is 88.6 Å². The molecule has 0 radical (unpaired) electrons. The van der Waals surface area contributed by atoms with Crippen LogP contribution in [-0.2, 0) is 0 Å². The summed E-state index contributed by atoms with van der Waals surface area (Å²) in [5.74, 6) is 0. The second kappa shape index (κ2) is 4.15. The Kier molecular flexibility index (Phi) is 2.89. The Morgan fingerprint density at radius 3 is 2.71 bits per heavy atom. The third-order valence-electron chi connectivity index (χ3n) is 2.32. The molecule has 1 aliphatic heterocycles. The molecular formula is C11H14N2S. The van der Waals surface area contributed by atoms with Crippen LogP contribution >= 0.6 is 11.8 Å². The lowest BCUT2D eigenvalue weighted by atomic mass is 10.1. The monoisotopic (exact) mass is 206 g/mol. The van der Waals surface area contributed by atoms with Gasteiger partial charge in [-0.1, -0.05) is 37.3 Å². The first-order valence-electron chi connectivity index (χ1n) is 4.85. The minimum Gasteiger partial charge on any atom is -0.301 e. The van der Waals surface area contributed by atoms with Crippen molar-refractivity contribution in [1.29, 1.82) is 0 Å². The van der Waals surface area contributed by atoms with Crippen molar-refractivity contribution in [1.82, 2.24) is 0 Å². The van der Waals surface area contributed by atoms with Gasteiger partial charge < -0.3 is 5.73 Å². The van der Waals surface area contributed by atoms with Gasteiger partial charge in [0.05, 0.1) is 11.0 Å². The molecule has 1 aromatic carbocycles. The van der Waals surface area contributed by atoms with Crippen LogP contribution in [0.15, 0.2) is 35.3 Å². The zero-order valence-corrected chi connectivity index (χ0v) is 9.00. The number of nitrogens with zero attached hydrogens (tertiary/aromatic N) is 1. The summed E-state index contributed by atoms with van der Waals surface area (Å²) in [6.07, 6.45) is 1.09. The quantitative estimate of drug-likeness (QED) is 0.806. The molecular weight excluding hydrogens is 192 g/mol. The highest BCUT2D eigenvalue weighted by atomic mass is 32.2. The van der Waals surface area contributed by atoms with Gasteiger partial charge in [0, 0.05) is 0 Å². The zero-order chi connectivity index (χ0) is 9.97. The lowest BCUT2D eigenvalue weighted by Crippen LogP contribution is -2.13. The van der Waals surface area contributed by atoms with Gasteiger partial charge in [0.1, 0.15) is 5.50 Å². The molecule has 2 atom stereocenters. The van der Waals surface area contributed by atoms with Crippen molar-refractivity contribution >= 4 is 17.5 Å². The van der Waals surface area contributed by atoms with Gasteiger partial charge >= 0.3 is 0 Å². The molecule has 0 saturated carbocycles. The first-order chi connectivity index (χ1) is 6.81. The number of benzene rings is 1. The lowest BCUT2D eigenvalue weighted by molar-refractivity contribution is 1.00. The van der Waals surface area contributed by atoms with Gasteiger partial charge in [-0.05, 0) is 12.0 Å². The molecule has 2 nitrogen and oxygen atoms in total. The van der Waals surface area contributed by atoms with E-state index in [1.54, 1.807) is 11.8 Å². The van der Waals surface area contributed by atoms with E-state index in [-0.39, 0.29) is 5.50 Å². The maximum Gasteiger partial charge on any atom is 0.145 e. The second-order valence-corrected chi connectivity index (χ2v) is 4.63. The van der Waals surface area contributed by atoms with E-state index in [1.807, 2.05) is 18.2 Å². The maximum atomic E-state index is 5.80. The molecule has 0 spiro atoms. The van der Waals surface area contributed by atoms with Crippen molar-refractivity contribution < 1.29 is 0 Å². The fourth-order valence-electron chi connectivity index (χ4n) is 1.64. The van der Waals surface area contributed by atoms with E-state index in [0.717, 1.165) is 12.1 Å². The molecule has 0 aromatic heterocycles. The molecule has 0 amide bonds. The highest BCUT2D eigenvalue weighted by molar-refractivity contribution is 8.01. The van der Waals surface area contributed by atoms with Crippen LogP contribution in [0.1, 0.15) is 18.9 Å². The first kappa shape index (κ1) is 9.74. The predicted octanol–water partition coefficient (Wildman–Crippen LogP) is 2.24. The van der Waals surface area contributed by atoms with Crippen LogP contribution in [0, 0.1) is 0 Å². The predicted molar refractivity (Wildman–Crippen MR) is 62.6 cm³/mol. The number of thioether (sulfide) groups is 1. The SMILES string of the molecule is CCC1SC(N)N=C1c1ccccc1. The normalized spacial score (nSPS) is 26.3. The van der Waals surface area contributed by atoms with Crippen molar-refractivity contribution in [3.63, 3.8) is 0 Å². The van der Waals surface area contributed by atoms with Crippen LogP contribution in [-0.4, -0.2) is 16.5 Å². The lowest BCUT2D eigenvalue weighted by Gasteiger charge is -2.09. The third kappa shape index (κ3) is 1.83. The average molecular weight is 206 g/mol. The van der Waals surface area contributed by atoms with Gasteiger partial charge in [-0.2, -0.15) is 0 Å². The highest BCUT2D eigenvalue weighted by Gasteiger charge is 2.25. The second-order valence-electron chi connectivity index (χ2n) is 3.30. The van der Waals surface area contributed by atoms with E-state index >= 15 is 0 Å². The molecule has 0 bridgehead atoms. The largest absolute Gasteiger partial charge is 0.301 e. The molecule has 2 unspecified atom stereocenters. The van der Waals surface area contributed by atoms with Crippen molar-refractivity contribution in [2.24, 2.45) is 10.7 Å². The van der Waals surface area contributed by atoms with Crippen LogP contribution in [0.25, 0.3) is 0 Å². The van der Waals surface area contributed by atoms with Crippen LogP contribution in [0.2, 0.25) is 0 Å². The Bertz CT molecular complexity index is 334. The van der Waals surface area contributed by atoms with Crippen LogP contribution in [0.5, 0.6) is 0 Å². The molecule has 0 saturated heterocycles. The molecule has 2 N–H and O–H groups in total. The fourth-order valence-corrected chi connectivity index (χ4v) is 2.67. The third-order valence-corrected chi connectivity index (χ3v) is 3.58. The van der Waals surface area contributed by atoms with E-state index in [1.165, 1.54) is 5.56 Å². The van der Waals surface area contributed by atoms with Gasteiger partial charge in [0.25, 0.3) is 0 Å². The molecule has 1 heterocycles. The van der Waals surface area contributed by atoms with E-state index in [4.69, 9.17) is 5.73 Å². The van der Waals surface area contributed by atoms with Crippen LogP contribution < -0.4 is 5.73 Å². The molecule has 14 heavy (non-hydrogen) atoms. The van der Waals surface area contributed by atoms with E-state index in [0.29, 0.717) is 5.25 Å². The molecule has 0 aliphatic carbocycles. The summed E-state index contributed by atoms with van der Waals surface area (Å²) in [5, 5.41) is 0.465. The number of nitrogens with two attached hydrogens (primary N) is 1. The molecule has 3 heteroatoms. The van der Waals surface area contributed by atoms with Gasteiger partial charge in [0.2, 0.25) is 0 Å². The summed E-state index contributed by atoms with van der Waals surface area (Å²) < 4.78 is 0. The highest BCUT2D eigenvalue weighted by Crippen LogP contribution is 2.29. The van der Waals surface area contributed by atoms with Crippen LogP contribution in [0.3, 0.4) is 0 Å². The minimum absolute atomic E-state index is 0.0739. The number of hydrogen-bond acceptors (Lipinski definition) is 3. The minimum atomic E-state index is -0.0739. The number of rotatable bonds is 2. The molecule has 1 aromatic rings. The summed E-state index contributed by atoms with van der Waals surface area (Å²) in [6.45, 7) is 2.17. The Morgan fingerprint density at radius 1 is 1.36 bits per heavy atom. The van der Waals surface area contributed by atoms with Crippen molar-refractivity contribution in [3.05, 3.63) is 35.9 Å². The molecule has 2 rings (SSSR count). The van der Waals surface area contributed by atoms with E-state index in [2.05, 4.69) is 24.0 Å². The van der Waals surface area contributed by atoms with E-state index < -0.39 is 0 Å². The van der Waals surface area contributed by atoms with Crippen molar-refractivity contribution in [3.8, 4) is 0 Å². The Morgan fingerprint density at radius 2 is 2.07 bits per heavy atom. The summed E-state index contributed by atoms with van der Waals surface area (Å²) in [6, 6.07) is 10.3. The van der Waals surface area contributed by atoms with Gasteiger partial charge in [-0.15, -0.1) is 11.8 Å².